The molecule has 0 spiro atoms. The van der Waals surface area contributed by atoms with Crippen molar-refractivity contribution in [3.05, 3.63) is 85.1 Å². The molecule has 6 nitrogen and oxygen atoms in total. The van der Waals surface area contributed by atoms with Crippen molar-refractivity contribution in [2.75, 3.05) is 13.2 Å². The molecule has 474 valence electrons. The van der Waals surface area contributed by atoms with Gasteiger partial charge in [0.25, 0.3) is 0 Å². The Hall–Kier alpha value is -3.41. The summed E-state index contributed by atoms with van der Waals surface area (Å²) in [7, 11) is 0. The summed E-state index contributed by atoms with van der Waals surface area (Å²) in [5.41, 5.74) is 0. The number of esters is 3. The second-order valence-corrected chi connectivity index (χ2v) is 23.8. The van der Waals surface area contributed by atoms with Crippen molar-refractivity contribution < 1.29 is 28.6 Å². The summed E-state index contributed by atoms with van der Waals surface area (Å²) < 4.78 is 17.0. The molecule has 0 saturated heterocycles. The van der Waals surface area contributed by atoms with Crippen LogP contribution in [0.15, 0.2) is 85.1 Å². The van der Waals surface area contributed by atoms with Crippen molar-refractivity contribution in [2.24, 2.45) is 0 Å². The monoisotopic (exact) mass is 1140 g/mol. The Morgan fingerprint density at radius 2 is 0.476 bits per heavy atom. The second-order valence-electron chi connectivity index (χ2n) is 23.8. The van der Waals surface area contributed by atoms with Gasteiger partial charge in [-0.25, -0.2) is 0 Å². The first kappa shape index (κ1) is 78.6. The fraction of sp³-hybridized carbons (Fsp3) is 0.776. The summed E-state index contributed by atoms with van der Waals surface area (Å²) in [6, 6.07) is 0. The van der Waals surface area contributed by atoms with Crippen molar-refractivity contribution in [2.45, 2.75) is 367 Å². The number of rotatable bonds is 65. The molecule has 0 fully saturated rings. The number of unbranched alkanes of at least 4 members (excludes halogenated alkanes) is 40. The second kappa shape index (κ2) is 70.1. The van der Waals surface area contributed by atoms with Crippen LogP contribution in [0.4, 0.5) is 0 Å². The third-order valence-corrected chi connectivity index (χ3v) is 15.6. The molecular formula is C76H134O6. The average molecular weight is 1140 g/mol. The first-order valence-corrected chi connectivity index (χ1v) is 35.6. The Morgan fingerprint density at radius 3 is 0.768 bits per heavy atom. The lowest BCUT2D eigenvalue weighted by atomic mass is 10.0. The number of ether oxygens (including phenoxy) is 3. The Kier molecular flexibility index (Phi) is 67.2. The van der Waals surface area contributed by atoms with E-state index in [0.717, 1.165) is 116 Å². The van der Waals surface area contributed by atoms with Crippen LogP contribution in [0, 0.1) is 0 Å². The number of allylic oxidation sites excluding steroid dienone is 14. The summed E-state index contributed by atoms with van der Waals surface area (Å²) in [6.07, 6.45) is 93.3. The van der Waals surface area contributed by atoms with Gasteiger partial charge in [-0.1, -0.05) is 311 Å². The van der Waals surface area contributed by atoms with Crippen LogP contribution >= 0.6 is 0 Å². The minimum atomic E-state index is -0.786. The first-order chi connectivity index (χ1) is 40.5. The molecule has 0 aliphatic rings. The van der Waals surface area contributed by atoms with Gasteiger partial charge in [-0.2, -0.15) is 0 Å². The quantitative estimate of drug-likeness (QED) is 0.0261. The SMILES string of the molecule is CC/C=C\C/C=C\C/C=C\C/C=C\CCCCCCCCCCCCCCCCCCCCCCC(=O)OCC(COC(=O)CCCCCCC/C=C\CCCCCCCC)OC(=O)CCCCCCC/C=C\C/C=C\CCCCCC. The van der Waals surface area contributed by atoms with Gasteiger partial charge in [-0.05, 0) is 116 Å². The molecule has 0 saturated carbocycles. The predicted octanol–water partition coefficient (Wildman–Crippen LogP) is 24.6. The Labute approximate surface area is 509 Å². The van der Waals surface area contributed by atoms with Crippen LogP contribution in [0.25, 0.3) is 0 Å². The van der Waals surface area contributed by atoms with E-state index < -0.39 is 6.10 Å². The van der Waals surface area contributed by atoms with E-state index in [1.807, 2.05) is 0 Å². The highest BCUT2D eigenvalue weighted by Crippen LogP contribution is 2.18. The molecule has 1 atom stereocenters. The lowest BCUT2D eigenvalue weighted by molar-refractivity contribution is -0.167. The van der Waals surface area contributed by atoms with Crippen LogP contribution in [0.5, 0.6) is 0 Å². The molecule has 82 heavy (non-hydrogen) atoms. The van der Waals surface area contributed by atoms with Crippen LogP contribution in [0.3, 0.4) is 0 Å². The maximum absolute atomic E-state index is 12.9. The predicted molar refractivity (Wildman–Crippen MR) is 358 cm³/mol. The summed E-state index contributed by atoms with van der Waals surface area (Å²) in [5, 5.41) is 0. The maximum atomic E-state index is 12.9. The molecule has 0 aliphatic carbocycles. The largest absolute Gasteiger partial charge is 0.462 e. The molecule has 0 N–H and O–H groups in total. The Balaban J connectivity index is 4.18. The highest BCUT2D eigenvalue weighted by atomic mass is 16.6. The Morgan fingerprint density at radius 1 is 0.256 bits per heavy atom. The van der Waals surface area contributed by atoms with E-state index in [-0.39, 0.29) is 31.1 Å². The van der Waals surface area contributed by atoms with Crippen molar-refractivity contribution in [3.63, 3.8) is 0 Å². The fourth-order valence-electron chi connectivity index (χ4n) is 10.3. The minimum absolute atomic E-state index is 0.0805. The zero-order valence-electron chi connectivity index (χ0n) is 54.5. The molecule has 0 bridgehead atoms. The van der Waals surface area contributed by atoms with Gasteiger partial charge in [-0.3, -0.25) is 14.4 Å². The number of hydrogen-bond donors (Lipinski definition) is 0. The van der Waals surface area contributed by atoms with Crippen LogP contribution in [-0.4, -0.2) is 37.2 Å². The van der Waals surface area contributed by atoms with Gasteiger partial charge in [0.05, 0.1) is 0 Å². The van der Waals surface area contributed by atoms with Gasteiger partial charge < -0.3 is 14.2 Å². The molecule has 0 aromatic heterocycles. The van der Waals surface area contributed by atoms with Crippen molar-refractivity contribution in [1.82, 2.24) is 0 Å². The highest BCUT2D eigenvalue weighted by Gasteiger charge is 2.19. The molecule has 0 heterocycles. The van der Waals surface area contributed by atoms with Gasteiger partial charge in [0.1, 0.15) is 13.2 Å². The fourth-order valence-corrected chi connectivity index (χ4v) is 10.3. The maximum Gasteiger partial charge on any atom is 0.306 e. The van der Waals surface area contributed by atoms with E-state index in [1.54, 1.807) is 0 Å². The van der Waals surface area contributed by atoms with Crippen LogP contribution in [0.2, 0.25) is 0 Å². The molecule has 0 rings (SSSR count). The topological polar surface area (TPSA) is 78.9 Å². The molecule has 0 aromatic carbocycles. The normalized spacial score (nSPS) is 12.6. The Bertz CT molecular complexity index is 1550. The van der Waals surface area contributed by atoms with E-state index in [2.05, 4.69) is 106 Å². The lowest BCUT2D eigenvalue weighted by Crippen LogP contribution is -2.30. The highest BCUT2D eigenvalue weighted by molar-refractivity contribution is 5.71. The van der Waals surface area contributed by atoms with Crippen molar-refractivity contribution in [3.8, 4) is 0 Å². The molecule has 1 unspecified atom stereocenters. The third kappa shape index (κ3) is 67.4. The van der Waals surface area contributed by atoms with Crippen LogP contribution in [0.1, 0.15) is 361 Å². The van der Waals surface area contributed by atoms with Crippen molar-refractivity contribution in [1.29, 1.82) is 0 Å². The van der Waals surface area contributed by atoms with E-state index in [0.29, 0.717) is 19.3 Å². The smallest absolute Gasteiger partial charge is 0.306 e. The average Bonchev–Trinajstić information content (AvgIpc) is 3.47. The van der Waals surface area contributed by atoms with Gasteiger partial charge in [0, 0.05) is 19.3 Å². The van der Waals surface area contributed by atoms with Gasteiger partial charge in [-0.15, -0.1) is 0 Å². The van der Waals surface area contributed by atoms with Gasteiger partial charge in [0.2, 0.25) is 0 Å². The standard InChI is InChI=1S/C76H134O6/c1-4-7-10-13-16-19-22-25-28-30-31-32-33-34-35-36-37-38-39-40-41-42-43-44-45-46-49-51-54-57-60-63-66-69-75(78)81-72-73(71-80-74(77)68-65-62-59-56-53-50-47-27-24-21-18-15-12-9-6-3)82-76(79)70-67-64-61-58-55-52-48-29-26-23-20-17-14-11-8-5-2/h7,10,16,19-20,23,25,27-29,31-32,47-48,73H,4-6,8-9,11-15,17-18,21-22,24,26,30,33-46,49-72H2,1-3H3/b10-7-,19-16-,23-20-,28-25-,32-31-,47-27-,48-29-. The minimum Gasteiger partial charge on any atom is -0.462 e. The molecule has 0 amide bonds. The summed E-state index contributed by atoms with van der Waals surface area (Å²) in [6.45, 7) is 6.53. The van der Waals surface area contributed by atoms with Crippen molar-refractivity contribution >= 4 is 17.9 Å². The number of carbonyl (C=O) groups is 3. The molecule has 0 aliphatic heterocycles. The molecule has 6 heteroatoms. The van der Waals surface area contributed by atoms with Gasteiger partial charge >= 0.3 is 17.9 Å². The number of carbonyl (C=O) groups excluding carboxylic acids is 3. The summed E-state index contributed by atoms with van der Waals surface area (Å²) in [5.74, 6) is -0.884. The number of hydrogen-bond acceptors (Lipinski definition) is 6. The zero-order valence-corrected chi connectivity index (χ0v) is 54.5. The lowest BCUT2D eigenvalue weighted by Gasteiger charge is -2.18. The first-order valence-electron chi connectivity index (χ1n) is 35.6. The summed E-state index contributed by atoms with van der Waals surface area (Å²) >= 11 is 0. The zero-order chi connectivity index (χ0) is 59.2. The van der Waals surface area contributed by atoms with Gasteiger partial charge in [0.15, 0.2) is 6.10 Å². The summed E-state index contributed by atoms with van der Waals surface area (Å²) in [4.78, 5) is 38.4. The van der Waals surface area contributed by atoms with Crippen LogP contribution < -0.4 is 0 Å². The molecule has 0 radical (unpaired) electrons. The molecule has 0 aromatic rings. The third-order valence-electron chi connectivity index (χ3n) is 15.6. The molecular weight excluding hydrogens is 1010 g/mol. The van der Waals surface area contributed by atoms with E-state index in [1.165, 1.54) is 205 Å². The van der Waals surface area contributed by atoms with E-state index in [4.69, 9.17) is 14.2 Å². The van der Waals surface area contributed by atoms with E-state index in [9.17, 15) is 14.4 Å². The van der Waals surface area contributed by atoms with Crippen LogP contribution in [-0.2, 0) is 28.6 Å². The van der Waals surface area contributed by atoms with E-state index >= 15 is 0 Å².